The molecule has 2 aliphatic rings. The Hall–Kier alpha value is -1.09. The van der Waals surface area contributed by atoms with E-state index in [0.717, 1.165) is 23.5 Å². The van der Waals surface area contributed by atoms with Crippen LogP contribution in [0.1, 0.15) is 36.8 Å². The second-order valence-corrected chi connectivity index (χ2v) is 6.50. The van der Waals surface area contributed by atoms with E-state index in [0.29, 0.717) is 6.04 Å². The third-order valence-corrected chi connectivity index (χ3v) is 4.89. The van der Waals surface area contributed by atoms with Crippen molar-refractivity contribution >= 4 is 17.3 Å². The summed E-state index contributed by atoms with van der Waals surface area (Å²) in [6, 6.07) is 9.22. The van der Waals surface area contributed by atoms with Crippen molar-refractivity contribution in [2.45, 2.75) is 45.2 Å². The van der Waals surface area contributed by atoms with Gasteiger partial charge in [-0.25, -0.2) is 0 Å². The third-order valence-electron chi connectivity index (χ3n) is 4.63. The second kappa shape index (κ2) is 5.49. The Labute approximate surface area is 121 Å². The minimum atomic E-state index is 0.622. The second-order valence-electron chi connectivity index (χ2n) is 6.09. The summed E-state index contributed by atoms with van der Waals surface area (Å²) in [5, 5.41) is 7.66. The fraction of sp³-hybridized carbons (Fsp3) is 0.562. The van der Waals surface area contributed by atoms with Gasteiger partial charge in [0.2, 0.25) is 0 Å². The smallest absolute Gasteiger partial charge is 0.166 e. The summed E-state index contributed by atoms with van der Waals surface area (Å²) >= 11 is 5.41. The molecule has 102 valence electrons. The Bertz CT molecular complexity index is 454. The van der Waals surface area contributed by atoms with Crippen LogP contribution in [0.25, 0.3) is 0 Å². The fourth-order valence-corrected chi connectivity index (χ4v) is 3.75. The summed E-state index contributed by atoms with van der Waals surface area (Å²) in [7, 11) is 0. The molecule has 2 nitrogen and oxygen atoms in total. The average Bonchev–Trinajstić information content (AvgIpc) is 3.00. The van der Waals surface area contributed by atoms with Crippen molar-refractivity contribution in [3.63, 3.8) is 0 Å². The van der Waals surface area contributed by atoms with Gasteiger partial charge in [0.15, 0.2) is 5.11 Å². The third kappa shape index (κ3) is 3.08. The Balaban J connectivity index is 1.45. The Morgan fingerprint density at radius 2 is 2.00 bits per heavy atom. The SMILES string of the molecule is Cc1ccc(CNC(=S)N[C@H]2C[C@H]3CC[C@H]2C3)cc1. The van der Waals surface area contributed by atoms with Crippen LogP contribution in [0.5, 0.6) is 0 Å². The molecule has 1 aromatic carbocycles. The summed E-state index contributed by atoms with van der Waals surface area (Å²) in [5.74, 6) is 1.83. The summed E-state index contributed by atoms with van der Waals surface area (Å²) in [4.78, 5) is 0. The highest BCUT2D eigenvalue weighted by molar-refractivity contribution is 7.80. The molecule has 0 aromatic heterocycles. The molecule has 3 heteroatoms. The normalized spacial score (nSPS) is 28.4. The number of hydrogen-bond donors (Lipinski definition) is 2. The first-order valence-corrected chi connectivity index (χ1v) is 7.71. The molecule has 0 heterocycles. The van der Waals surface area contributed by atoms with Crippen LogP contribution < -0.4 is 10.6 Å². The molecule has 3 rings (SSSR count). The molecule has 19 heavy (non-hydrogen) atoms. The fourth-order valence-electron chi connectivity index (χ4n) is 3.53. The van der Waals surface area contributed by atoms with Gasteiger partial charge in [-0.15, -0.1) is 0 Å². The van der Waals surface area contributed by atoms with Crippen LogP contribution in [0.3, 0.4) is 0 Å². The monoisotopic (exact) mass is 274 g/mol. The Morgan fingerprint density at radius 3 is 2.63 bits per heavy atom. The van der Waals surface area contributed by atoms with Gasteiger partial charge in [0.05, 0.1) is 0 Å². The molecule has 2 fully saturated rings. The molecule has 2 aliphatic carbocycles. The first kappa shape index (κ1) is 12.9. The van der Waals surface area contributed by atoms with Gasteiger partial charge in [-0.05, 0) is 55.8 Å². The largest absolute Gasteiger partial charge is 0.360 e. The van der Waals surface area contributed by atoms with Crippen LogP contribution in [0, 0.1) is 18.8 Å². The number of aryl methyl sites for hydroxylation is 1. The van der Waals surface area contributed by atoms with Gasteiger partial charge in [0.25, 0.3) is 0 Å². The van der Waals surface area contributed by atoms with E-state index in [1.54, 1.807) is 0 Å². The Kier molecular flexibility index (Phi) is 3.74. The van der Waals surface area contributed by atoms with Crippen LogP contribution in [0.15, 0.2) is 24.3 Å². The maximum atomic E-state index is 5.41. The van der Waals surface area contributed by atoms with Crippen LogP contribution in [-0.4, -0.2) is 11.2 Å². The van der Waals surface area contributed by atoms with Crippen molar-refractivity contribution in [3.05, 3.63) is 35.4 Å². The topological polar surface area (TPSA) is 24.1 Å². The average molecular weight is 274 g/mol. The number of benzene rings is 1. The highest BCUT2D eigenvalue weighted by Crippen LogP contribution is 2.44. The first-order valence-electron chi connectivity index (χ1n) is 7.30. The Morgan fingerprint density at radius 1 is 1.21 bits per heavy atom. The lowest BCUT2D eigenvalue weighted by molar-refractivity contribution is 0.389. The van der Waals surface area contributed by atoms with E-state index in [-0.39, 0.29) is 0 Å². The number of fused-ring (bicyclic) bond motifs is 2. The molecule has 3 atom stereocenters. The van der Waals surface area contributed by atoms with Gasteiger partial charge < -0.3 is 10.6 Å². The highest BCUT2D eigenvalue weighted by atomic mass is 32.1. The molecule has 2 saturated carbocycles. The van der Waals surface area contributed by atoms with Crippen molar-refractivity contribution in [2.24, 2.45) is 11.8 Å². The van der Waals surface area contributed by atoms with E-state index in [4.69, 9.17) is 12.2 Å². The van der Waals surface area contributed by atoms with E-state index in [1.807, 2.05) is 0 Å². The number of nitrogens with one attached hydrogen (secondary N) is 2. The maximum Gasteiger partial charge on any atom is 0.166 e. The van der Waals surface area contributed by atoms with E-state index < -0.39 is 0 Å². The molecule has 0 spiro atoms. The summed E-state index contributed by atoms with van der Waals surface area (Å²) < 4.78 is 0. The lowest BCUT2D eigenvalue weighted by Crippen LogP contribution is -2.43. The first-order chi connectivity index (χ1) is 9.20. The van der Waals surface area contributed by atoms with Crippen molar-refractivity contribution < 1.29 is 0 Å². The van der Waals surface area contributed by atoms with E-state index in [9.17, 15) is 0 Å². The zero-order valence-corrected chi connectivity index (χ0v) is 12.3. The van der Waals surface area contributed by atoms with Crippen LogP contribution in [0.2, 0.25) is 0 Å². The molecule has 0 amide bonds. The van der Waals surface area contributed by atoms with Gasteiger partial charge >= 0.3 is 0 Å². The van der Waals surface area contributed by atoms with E-state index in [2.05, 4.69) is 41.8 Å². The molecule has 2 N–H and O–H groups in total. The predicted octanol–water partition coefficient (Wildman–Crippen LogP) is 3.15. The molecule has 1 aromatic rings. The lowest BCUT2D eigenvalue weighted by atomic mass is 9.96. The highest BCUT2D eigenvalue weighted by Gasteiger charge is 2.39. The van der Waals surface area contributed by atoms with E-state index >= 15 is 0 Å². The van der Waals surface area contributed by atoms with Crippen LogP contribution in [-0.2, 0) is 6.54 Å². The minimum absolute atomic E-state index is 0.622. The van der Waals surface area contributed by atoms with Crippen molar-refractivity contribution in [1.29, 1.82) is 0 Å². The van der Waals surface area contributed by atoms with Gasteiger partial charge in [-0.1, -0.05) is 36.2 Å². The zero-order valence-electron chi connectivity index (χ0n) is 11.5. The summed E-state index contributed by atoms with van der Waals surface area (Å²) in [5.41, 5.74) is 2.58. The number of rotatable bonds is 3. The van der Waals surface area contributed by atoms with E-state index in [1.165, 1.54) is 36.8 Å². The quantitative estimate of drug-likeness (QED) is 0.828. The van der Waals surface area contributed by atoms with Gasteiger partial charge in [-0.2, -0.15) is 0 Å². The molecular formula is C16H22N2S. The minimum Gasteiger partial charge on any atom is -0.360 e. The molecule has 2 bridgehead atoms. The molecule has 0 radical (unpaired) electrons. The number of hydrogen-bond acceptors (Lipinski definition) is 1. The van der Waals surface area contributed by atoms with Crippen molar-refractivity contribution in [3.8, 4) is 0 Å². The molecule has 0 unspecified atom stereocenters. The van der Waals surface area contributed by atoms with Gasteiger partial charge in [0.1, 0.15) is 0 Å². The van der Waals surface area contributed by atoms with Crippen LogP contribution >= 0.6 is 12.2 Å². The maximum absolute atomic E-state index is 5.41. The summed E-state index contributed by atoms with van der Waals surface area (Å²) in [6.45, 7) is 2.92. The van der Waals surface area contributed by atoms with Gasteiger partial charge in [-0.3, -0.25) is 0 Å². The number of thiocarbonyl (C=S) groups is 1. The lowest BCUT2D eigenvalue weighted by Gasteiger charge is -2.24. The van der Waals surface area contributed by atoms with Crippen molar-refractivity contribution in [1.82, 2.24) is 10.6 Å². The molecule has 0 aliphatic heterocycles. The molecule has 0 saturated heterocycles. The van der Waals surface area contributed by atoms with Crippen molar-refractivity contribution in [2.75, 3.05) is 0 Å². The summed E-state index contributed by atoms with van der Waals surface area (Å²) in [6.07, 6.45) is 5.56. The standard InChI is InChI=1S/C16H22N2S/c1-11-2-4-12(5-3-11)10-17-16(19)18-15-9-13-6-7-14(15)8-13/h2-5,13-15H,6-10H2,1H3,(H2,17,18,19)/t13-,14-,15-/m0/s1. The predicted molar refractivity (Wildman–Crippen MR) is 83.0 cm³/mol. The molecular weight excluding hydrogens is 252 g/mol. The van der Waals surface area contributed by atoms with Crippen LogP contribution in [0.4, 0.5) is 0 Å². The van der Waals surface area contributed by atoms with Gasteiger partial charge in [0, 0.05) is 12.6 Å². The zero-order chi connectivity index (χ0) is 13.2.